The SMILES string of the molecule is CCNc1ncc(-c2cc(N)cc(C(=O)NC(C)(C)CCO)c2)n(CC(=O)NCc2ccc(C(=N)N)cc2)c1=O. The van der Waals surface area contributed by atoms with Crippen LogP contribution in [0.1, 0.15) is 48.7 Å². The van der Waals surface area contributed by atoms with Gasteiger partial charge in [-0.05, 0) is 51.0 Å². The molecule has 40 heavy (non-hydrogen) atoms. The lowest BCUT2D eigenvalue weighted by molar-refractivity contribution is -0.121. The van der Waals surface area contributed by atoms with Gasteiger partial charge in [-0.3, -0.25) is 24.4 Å². The second kappa shape index (κ2) is 12.9. The van der Waals surface area contributed by atoms with Crippen molar-refractivity contribution in [2.45, 2.75) is 45.8 Å². The molecule has 0 saturated heterocycles. The number of rotatable bonds is 12. The number of aliphatic hydroxyl groups excluding tert-OH is 1. The van der Waals surface area contributed by atoms with E-state index in [1.807, 2.05) is 6.92 Å². The summed E-state index contributed by atoms with van der Waals surface area (Å²) in [4.78, 5) is 43.5. The number of nitrogens with one attached hydrogen (secondary N) is 4. The van der Waals surface area contributed by atoms with Gasteiger partial charge in [-0.15, -0.1) is 0 Å². The monoisotopic (exact) mass is 548 g/mol. The van der Waals surface area contributed by atoms with Gasteiger partial charge in [0, 0.05) is 47.6 Å². The average molecular weight is 549 g/mol. The minimum Gasteiger partial charge on any atom is -0.399 e. The summed E-state index contributed by atoms with van der Waals surface area (Å²) < 4.78 is 1.28. The number of amidine groups is 1. The minimum absolute atomic E-state index is 0.0484. The van der Waals surface area contributed by atoms with Gasteiger partial charge in [0.2, 0.25) is 5.91 Å². The molecule has 0 aliphatic carbocycles. The van der Waals surface area contributed by atoms with Gasteiger partial charge >= 0.3 is 0 Å². The van der Waals surface area contributed by atoms with Gasteiger partial charge in [0.25, 0.3) is 11.5 Å². The molecule has 0 spiro atoms. The Morgan fingerprint density at radius 1 is 1.12 bits per heavy atom. The van der Waals surface area contributed by atoms with Crippen molar-refractivity contribution in [3.05, 3.63) is 75.7 Å². The molecule has 1 aromatic heterocycles. The van der Waals surface area contributed by atoms with Gasteiger partial charge in [0.1, 0.15) is 12.4 Å². The first-order valence-electron chi connectivity index (χ1n) is 12.8. The molecule has 9 N–H and O–H groups in total. The average Bonchev–Trinajstić information content (AvgIpc) is 2.89. The summed E-state index contributed by atoms with van der Waals surface area (Å²) in [5.74, 6) is -0.772. The number of hydrogen-bond donors (Lipinski definition) is 7. The van der Waals surface area contributed by atoms with Crippen molar-refractivity contribution in [1.29, 1.82) is 5.41 Å². The molecular formula is C28H36N8O4. The van der Waals surface area contributed by atoms with E-state index in [0.29, 0.717) is 29.8 Å². The number of benzene rings is 2. The molecular weight excluding hydrogens is 512 g/mol. The number of aliphatic hydroxyl groups is 1. The van der Waals surface area contributed by atoms with Crippen LogP contribution in [0.3, 0.4) is 0 Å². The number of carbonyl (C=O) groups excluding carboxylic acids is 2. The molecule has 0 radical (unpaired) electrons. The van der Waals surface area contributed by atoms with Crippen molar-refractivity contribution in [2.75, 3.05) is 24.2 Å². The van der Waals surface area contributed by atoms with E-state index in [1.54, 1.807) is 50.2 Å². The Morgan fingerprint density at radius 2 is 1.82 bits per heavy atom. The van der Waals surface area contributed by atoms with Gasteiger partial charge in [-0.25, -0.2) is 4.98 Å². The zero-order valence-corrected chi connectivity index (χ0v) is 22.9. The standard InChI is InChI=1S/C28H36N8O4/c1-4-32-25-27(40)36(16-23(38)33-14-17-5-7-18(8-6-17)24(30)31)22(15-34-25)19-11-20(13-21(29)12-19)26(39)35-28(2,3)9-10-37/h5-8,11-13,15,37H,4,9-10,14,16,29H2,1-3H3,(H3,30,31)(H,32,34)(H,33,38)(H,35,39). The number of nitrogens with two attached hydrogens (primary N) is 2. The first-order valence-corrected chi connectivity index (χ1v) is 12.8. The van der Waals surface area contributed by atoms with E-state index in [1.165, 1.54) is 16.8 Å². The Balaban J connectivity index is 1.92. The summed E-state index contributed by atoms with van der Waals surface area (Å²) in [5.41, 5.74) is 13.1. The molecule has 1 heterocycles. The van der Waals surface area contributed by atoms with Crippen LogP contribution >= 0.6 is 0 Å². The molecule has 0 saturated carbocycles. The summed E-state index contributed by atoms with van der Waals surface area (Å²) in [7, 11) is 0. The normalized spacial score (nSPS) is 11.1. The van der Waals surface area contributed by atoms with Crippen molar-refractivity contribution >= 4 is 29.2 Å². The minimum atomic E-state index is -0.655. The Labute approximate surface area is 232 Å². The summed E-state index contributed by atoms with van der Waals surface area (Å²) in [6, 6.07) is 11.6. The Morgan fingerprint density at radius 3 is 2.45 bits per heavy atom. The highest BCUT2D eigenvalue weighted by atomic mass is 16.3. The highest BCUT2D eigenvalue weighted by Crippen LogP contribution is 2.24. The molecule has 2 amide bonds. The van der Waals surface area contributed by atoms with Crippen LogP contribution in [0.15, 0.2) is 53.5 Å². The third kappa shape index (κ3) is 7.67. The van der Waals surface area contributed by atoms with Crippen LogP contribution in [0, 0.1) is 5.41 Å². The molecule has 0 aliphatic rings. The fourth-order valence-corrected chi connectivity index (χ4v) is 4.02. The van der Waals surface area contributed by atoms with Gasteiger partial charge in [-0.2, -0.15) is 0 Å². The molecule has 2 aromatic carbocycles. The smallest absolute Gasteiger partial charge is 0.294 e. The fourth-order valence-electron chi connectivity index (χ4n) is 4.02. The van der Waals surface area contributed by atoms with E-state index >= 15 is 0 Å². The summed E-state index contributed by atoms with van der Waals surface area (Å²) >= 11 is 0. The third-order valence-electron chi connectivity index (χ3n) is 6.16. The van der Waals surface area contributed by atoms with Gasteiger partial charge in [0.15, 0.2) is 5.82 Å². The summed E-state index contributed by atoms with van der Waals surface area (Å²) in [5, 5.41) is 25.4. The number of nitrogens with zero attached hydrogens (tertiary/aromatic N) is 2. The number of amides is 2. The van der Waals surface area contributed by atoms with Gasteiger partial charge < -0.3 is 32.5 Å². The molecule has 3 aromatic rings. The Bertz CT molecular complexity index is 1450. The zero-order valence-electron chi connectivity index (χ0n) is 22.9. The molecule has 12 heteroatoms. The maximum Gasteiger partial charge on any atom is 0.294 e. The van der Waals surface area contributed by atoms with Crippen LogP contribution in [-0.2, 0) is 17.9 Å². The molecule has 0 atom stereocenters. The number of carbonyl (C=O) groups is 2. The van der Waals surface area contributed by atoms with Crippen LogP contribution in [0.25, 0.3) is 11.3 Å². The van der Waals surface area contributed by atoms with Crippen molar-refractivity contribution in [2.24, 2.45) is 5.73 Å². The highest BCUT2D eigenvalue weighted by Gasteiger charge is 2.22. The first-order chi connectivity index (χ1) is 18.9. The number of hydrogen-bond acceptors (Lipinski definition) is 8. The third-order valence-corrected chi connectivity index (χ3v) is 6.16. The van der Waals surface area contributed by atoms with Crippen molar-refractivity contribution in [3.8, 4) is 11.3 Å². The molecule has 0 unspecified atom stereocenters. The van der Waals surface area contributed by atoms with Crippen molar-refractivity contribution < 1.29 is 14.7 Å². The van der Waals surface area contributed by atoms with E-state index < -0.39 is 22.9 Å². The van der Waals surface area contributed by atoms with Crippen LogP contribution < -0.4 is 33.0 Å². The van der Waals surface area contributed by atoms with E-state index in [9.17, 15) is 19.5 Å². The predicted octanol–water partition coefficient (Wildman–Crippen LogP) is 1.42. The fraction of sp³-hybridized carbons (Fsp3) is 0.321. The van der Waals surface area contributed by atoms with E-state index in [-0.39, 0.29) is 42.6 Å². The van der Waals surface area contributed by atoms with Gasteiger partial charge in [0.05, 0.1) is 11.9 Å². The lowest BCUT2D eigenvalue weighted by Gasteiger charge is -2.25. The first kappa shape index (κ1) is 29.8. The van der Waals surface area contributed by atoms with Crippen molar-refractivity contribution in [1.82, 2.24) is 20.2 Å². The number of nitrogen functional groups attached to an aromatic ring is 2. The summed E-state index contributed by atoms with van der Waals surface area (Å²) in [6.45, 7) is 5.69. The van der Waals surface area contributed by atoms with Crippen LogP contribution in [-0.4, -0.2) is 51.0 Å². The molecule has 212 valence electrons. The Hall–Kier alpha value is -4.71. The Kier molecular flexibility index (Phi) is 9.62. The van der Waals surface area contributed by atoms with Crippen LogP contribution in [0.4, 0.5) is 11.5 Å². The van der Waals surface area contributed by atoms with E-state index in [0.717, 1.165) is 5.56 Å². The lowest BCUT2D eigenvalue weighted by atomic mass is 9.99. The largest absolute Gasteiger partial charge is 0.399 e. The van der Waals surface area contributed by atoms with E-state index in [2.05, 4.69) is 20.9 Å². The van der Waals surface area contributed by atoms with Crippen molar-refractivity contribution in [3.63, 3.8) is 0 Å². The maximum absolute atomic E-state index is 13.3. The van der Waals surface area contributed by atoms with Crippen LogP contribution in [0.5, 0.6) is 0 Å². The summed E-state index contributed by atoms with van der Waals surface area (Å²) in [6.07, 6.45) is 1.82. The topological polar surface area (TPSA) is 201 Å². The van der Waals surface area contributed by atoms with E-state index in [4.69, 9.17) is 16.9 Å². The number of anilines is 2. The zero-order chi connectivity index (χ0) is 29.4. The molecule has 3 rings (SSSR count). The molecule has 0 bridgehead atoms. The second-order valence-corrected chi connectivity index (χ2v) is 9.96. The number of aromatic nitrogens is 2. The molecule has 0 fully saturated rings. The molecule has 0 aliphatic heterocycles. The second-order valence-electron chi connectivity index (χ2n) is 9.96. The quantitative estimate of drug-likeness (QED) is 0.1000. The maximum atomic E-state index is 13.3. The highest BCUT2D eigenvalue weighted by molar-refractivity contribution is 5.97. The van der Waals surface area contributed by atoms with Gasteiger partial charge in [-0.1, -0.05) is 24.3 Å². The lowest BCUT2D eigenvalue weighted by Crippen LogP contribution is -2.44. The molecule has 12 nitrogen and oxygen atoms in total. The predicted molar refractivity (Wildman–Crippen MR) is 155 cm³/mol. The van der Waals surface area contributed by atoms with Crippen LogP contribution in [0.2, 0.25) is 0 Å².